The van der Waals surface area contributed by atoms with Crippen molar-refractivity contribution in [1.29, 1.82) is 0 Å². The van der Waals surface area contributed by atoms with E-state index in [-0.39, 0.29) is 24.3 Å². The van der Waals surface area contributed by atoms with Crippen LogP contribution in [0.4, 0.5) is 0 Å². The number of amides is 2. The molecule has 1 aromatic carbocycles. The van der Waals surface area contributed by atoms with Gasteiger partial charge in [0.25, 0.3) is 0 Å². The average molecular weight is 296 g/mol. The number of likely N-dealkylation sites (N-methyl/N-ethyl adjacent to an activating group) is 1. The number of piperazine rings is 1. The third-order valence-electron chi connectivity index (χ3n) is 3.38. The van der Waals surface area contributed by atoms with Gasteiger partial charge in [-0.1, -0.05) is 23.7 Å². The molecule has 20 heavy (non-hydrogen) atoms. The van der Waals surface area contributed by atoms with Crippen molar-refractivity contribution >= 4 is 23.4 Å². The SMILES string of the molecule is CN1CCNC(=O)C1CC(=O)NCc1ccc(Cl)cc1. The summed E-state index contributed by atoms with van der Waals surface area (Å²) in [7, 11) is 1.86. The van der Waals surface area contributed by atoms with Crippen molar-refractivity contribution in [2.45, 2.75) is 19.0 Å². The lowest BCUT2D eigenvalue weighted by molar-refractivity contribution is -0.133. The maximum Gasteiger partial charge on any atom is 0.237 e. The molecule has 0 bridgehead atoms. The Morgan fingerprint density at radius 1 is 1.45 bits per heavy atom. The van der Waals surface area contributed by atoms with E-state index in [0.29, 0.717) is 18.1 Å². The molecule has 1 fully saturated rings. The molecule has 0 saturated carbocycles. The first-order valence-corrected chi connectivity index (χ1v) is 6.93. The third-order valence-corrected chi connectivity index (χ3v) is 3.63. The molecule has 2 rings (SSSR count). The molecular weight excluding hydrogens is 278 g/mol. The summed E-state index contributed by atoms with van der Waals surface area (Å²) in [6, 6.07) is 6.91. The van der Waals surface area contributed by atoms with E-state index in [9.17, 15) is 9.59 Å². The molecule has 2 amide bonds. The zero-order chi connectivity index (χ0) is 14.5. The topological polar surface area (TPSA) is 61.4 Å². The lowest BCUT2D eigenvalue weighted by Crippen LogP contribution is -2.54. The average Bonchev–Trinajstić information content (AvgIpc) is 2.42. The molecule has 6 heteroatoms. The van der Waals surface area contributed by atoms with Crippen molar-refractivity contribution in [2.24, 2.45) is 0 Å². The van der Waals surface area contributed by atoms with E-state index in [2.05, 4.69) is 10.6 Å². The van der Waals surface area contributed by atoms with E-state index in [1.54, 1.807) is 12.1 Å². The molecule has 2 N–H and O–H groups in total. The minimum Gasteiger partial charge on any atom is -0.353 e. The summed E-state index contributed by atoms with van der Waals surface area (Å²) >= 11 is 5.80. The highest BCUT2D eigenvalue weighted by Gasteiger charge is 2.28. The molecule has 1 unspecified atom stereocenters. The van der Waals surface area contributed by atoms with Gasteiger partial charge in [0.05, 0.1) is 12.5 Å². The second-order valence-electron chi connectivity index (χ2n) is 4.89. The van der Waals surface area contributed by atoms with Gasteiger partial charge in [0.2, 0.25) is 11.8 Å². The van der Waals surface area contributed by atoms with Gasteiger partial charge in [0.15, 0.2) is 0 Å². The Labute approximate surface area is 123 Å². The maximum atomic E-state index is 11.9. The Hall–Kier alpha value is -1.59. The van der Waals surface area contributed by atoms with E-state index in [4.69, 9.17) is 11.6 Å². The number of hydrogen-bond donors (Lipinski definition) is 2. The minimum absolute atomic E-state index is 0.0830. The highest BCUT2D eigenvalue weighted by Crippen LogP contribution is 2.10. The molecule has 0 aliphatic carbocycles. The van der Waals surface area contributed by atoms with Crippen LogP contribution in [0.2, 0.25) is 5.02 Å². The highest BCUT2D eigenvalue weighted by atomic mass is 35.5. The molecule has 0 radical (unpaired) electrons. The van der Waals surface area contributed by atoms with Crippen LogP contribution in [0.5, 0.6) is 0 Å². The Bertz CT molecular complexity index is 490. The number of nitrogens with zero attached hydrogens (tertiary/aromatic N) is 1. The van der Waals surface area contributed by atoms with Crippen LogP contribution in [0.1, 0.15) is 12.0 Å². The summed E-state index contributed by atoms with van der Waals surface area (Å²) in [5.41, 5.74) is 0.976. The molecule has 1 aliphatic heterocycles. The predicted molar refractivity (Wildman–Crippen MR) is 77.3 cm³/mol. The van der Waals surface area contributed by atoms with Gasteiger partial charge in [-0.2, -0.15) is 0 Å². The number of halogens is 1. The second-order valence-corrected chi connectivity index (χ2v) is 5.33. The molecule has 5 nitrogen and oxygen atoms in total. The first kappa shape index (κ1) is 14.8. The molecule has 1 aliphatic rings. The summed E-state index contributed by atoms with van der Waals surface area (Å²) in [6.45, 7) is 1.84. The van der Waals surface area contributed by atoms with Gasteiger partial charge in [0.1, 0.15) is 0 Å². The van der Waals surface area contributed by atoms with Gasteiger partial charge in [-0.15, -0.1) is 0 Å². The van der Waals surface area contributed by atoms with Gasteiger partial charge in [-0.25, -0.2) is 0 Å². The van der Waals surface area contributed by atoms with Crippen LogP contribution in [0, 0.1) is 0 Å². The Kier molecular flexibility index (Phi) is 4.98. The van der Waals surface area contributed by atoms with Crippen LogP contribution in [0.25, 0.3) is 0 Å². The molecule has 0 aromatic heterocycles. The number of nitrogens with one attached hydrogen (secondary N) is 2. The monoisotopic (exact) mass is 295 g/mol. The van der Waals surface area contributed by atoms with Crippen molar-refractivity contribution in [3.05, 3.63) is 34.9 Å². The lowest BCUT2D eigenvalue weighted by atomic mass is 10.1. The number of carbonyl (C=O) groups excluding carboxylic acids is 2. The predicted octanol–water partition coefficient (Wildman–Crippen LogP) is 0.777. The number of benzene rings is 1. The lowest BCUT2D eigenvalue weighted by Gasteiger charge is -2.31. The standard InChI is InChI=1S/C14H18ClN3O2/c1-18-7-6-16-14(20)12(18)8-13(19)17-9-10-2-4-11(15)5-3-10/h2-5,12H,6-9H2,1H3,(H,16,20)(H,17,19). The molecular formula is C14H18ClN3O2. The van der Waals surface area contributed by atoms with Crippen molar-refractivity contribution in [2.75, 3.05) is 20.1 Å². The van der Waals surface area contributed by atoms with Gasteiger partial charge >= 0.3 is 0 Å². The van der Waals surface area contributed by atoms with Crippen molar-refractivity contribution in [1.82, 2.24) is 15.5 Å². The molecule has 1 atom stereocenters. The number of carbonyl (C=O) groups is 2. The first-order valence-electron chi connectivity index (χ1n) is 6.55. The Morgan fingerprint density at radius 2 is 2.15 bits per heavy atom. The van der Waals surface area contributed by atoms with Crippen LogP contribution in [0.15, 0.2) is 24.3 Å². The van der Waals surface area contributed by atoms with E-state index < -0.39 is 0 Å². The fraction of sp³-hybridized carbons (Fsp3) is 0.429. The van der Waals surface area contributed by atoms with E-state index >= 15 is 0 Å². The summed E-state index contributed by atoms with van der Waals surface area (Å²) in [5, 5.41) is 6.26. The van der Waals surface area contributed by atoms with Gasteiger partial charge in [-0.05, 0) is 24.7 Å². The summed E-state index contributed by atoms with van der Waals surface area (Å²) < 4.78 is 0. The zero-order valence-electron chi connectivity index (χ0n) is 11.4. The van der Waals surface area contributed by atoms with Crippen molar-refractivity contribution < 1.29 is 9.59 Å². The van der Waals surface area contributed by atoms with Crippen molar-refractivity contribution in [3.63, 3.8) is 0 Å². The Balaban J connectivity index is 1.83. The van der Waals surface area contributed by atoms with Crippen LogP contribution < -0.4 is 10.6 Å². The van der Waals surface area contributed by atoms with E-state index in [0.717, 1.165) is 12.1 Å². The maximum absolute atomic E-state index is 11.9. The molecule has 1 aromatic rings. The van der Waals surface area contributed by atoms with E-state index in [1.807, 2.05) is 24.1 Å². The summed E-state index contributed by atoms with van der Waals surface area (Å²) in [4.78, 5) is 25.5. The largest absolute Gasteiger partial charge is 0.353 e. The summed E-state index contributed by atoms with van der Waals surface area (Å²) in [6.07, 6.45) is 0.177. The second kappa shape index (κ2) is 6.72. The van der Waals surface area contributed by atoms with E-state index in [1.165, 1.54) is 0 Å². The molecule has 0 spiro atoms. The number of hydrogen-bond acceptors (Lipinski definition) is 3. The number of rotatable bonds is 4. The zero-order valence-corrected chi connectivity index (χ0v) is 12.1. The van der Waals surface area contributed by atoms with Crippen LogP contribution in [0.3, 0.4) is 0 Å². The fourth-order valence-corrected chi connectivity index (χ4v) is 2.25. The van der Waals surface area contributed by atoms with Crippen molar-refractivity contribution in [3.8, 4) is 0 Å². The van der Waals surface area contributed by atoms with Crippen LogP contribution >= 0.6 is 11.6 Å². The molecule has 1 saturated heterocycles. The Morgan fingerprint density at radius 3 is 2.80 bits per heavy atom. The highest BCUT2D eigenvalue weighted by molar-refractivity contribution is 6.30. The van der Waals surface area contributed by atoms with Gasteiger partial charge < -0.3 is 10.6 Å². The first-order chi connectivity index (χ1) is 9.56. The van der Waals surface area contributed by atoms with Crippen LogP contribution in [-0.4, -0.2) is 42.9 Å². The summed E-state index contributed by atoms with van der Waals surface area (Å²) in [5.74, 6) is -0.214. The van der Waals surface area contributed by atoms with Gasteiger partial charge in [0, 0.05) is 24.7 Å². The minimum atomic E-state index is -0.381. The third kappa shape index (κ3) is 3.95. The molecule has 1 heterocycles. The smallest absolute Gasteiger partial charge is 0.237 e. The van der Waals surface area contributed by atoms with Crippen LogP contribution in [-0.2, 0) is 16.1 Å². The fourth-order valence-electron chi connectivity index (χ4n) is 2.13. The van der Waals surface area contributed by atoms with Gasteiger partial charge in [-0.3, -0.25) is 14.5 Å². The normalized spacial score (nSPS) is 19.5. The quantitative estimate of drug-likeness (QED) is 0.863. The molecule has 108 valence electrons.